The maximum atomic E-state index is 11.5. The highest BCUT2D eigenvalue weighted by molar-refractivity contribution is 6.31. The molecule has 2 atom stereocenters. The van der Waals surface area contributed by atoms with Crippen molar-refractivity contribution in [3.8, 4) is 0 Å². The van der Waals surface area contributed by atoms with E-state index in [4.69, 9.17) is 17.3 Å². The minimum absolute atomic E-state index is 0.118. The van der Waals surface area contributed by atoms with Gasteiger partial charge in [0.25, 0.3) is 0 Å². The number of carbonyl (C=O) groups excluding carboxylic acids is 2. The van der Waals surface area contributed by atoms with E-state index in [2.05, 4.69) is 5.32 Å². The van der Waals surface area contributed by atoms with Gasteiger partial charge in [0, 0.05) is 11.1 Å². The Labute approximate surface area is 111 Å². The van der Waals surface area contributed by atoms with Crippen molar-refractivity contribution in [3.05, 3.63) is 34.9 Å². The monoisotopic (exact) mass is 269 g/mol. The average molecular weight is 270 g/mol. The number of imide groups is 1. The van der Waals surface area contributed by atoms with Crippen molar-refractivity contribution in [2.45, 2.75) is 25.9 Å². The lowest BCUT2D eigenvalue weighted by Gasteiger charge is -2.20. The number of rotatable bonds is 4. The van der Waals surface area contributed by atoms with Crippen LogP contribution >= 0.6 is 11.6 Å². The molecule has 1 rings (SSSR count). The Balaban J connectivity index is 2.65. The lowest BCUT2D eigenvalue weighted by Crippen LogP contribution is -2.47. The molecular weight excluding hydrogens is 254 g/mol. The van der Waals surface area contributed by atoms with Gasteiger partial charge in [0.1, 0.15) is 0 Å². The summed E-state index contributed by atoms with van der Waals surface area (Å²) in [7, 11) is 0. The van der Waals surface area contributed by atoms with E-state index in [1.807, 2.05) is 30.4 Å². The summed E-state index contributed by atoms with van der Waals surface area (Å²) in [6, 6.07) is 5.83. The number of primary amides is 1. The van der Waals surface area contributed by atoms with Gasteiger partial charge in [0.15, 0.2) is 0 Å². The smallest absolute Gasteiger partial charge is 0.318 e. The van der Waals surface area contributed by atoms with Crippen molar-refractivity contribution in [2.75, 3.05) is 0 Å². The van der Waals surface area contributed by atoms with Crippen molar-refractivity contribution in [1.82, 2.24) is 10.6 Å². The lowest BCUT2D eigenvalue weighted by molar-refractivity contribution is -0.121. The number of amides is 3. The molecule has 0 aliphatic heterocycles. The third-order valence-corrected chi connectivity index (χ3v) is 2.86. The van der Waals surface area contributed by atoms with Gasteiger partial charge < -0.3 is 5.73 Å². The summed E-state index contributed by atoms with van der Waals surface area (Å²) in [4.78, 5) is 22.1. The number of carbonyl (C=O) groups is 2. The molecular formula is C12H16ClN3O2. The first-order chi connectivity index (χ1) is 8.41. The standard InChI is InChI=1S/C12H16ClN3O2/c1-7(9-5-3-4-6-10(9)13)15-8(2)11(17)16-12(14)18/h3-8,15H,1-2H3,(H3,14,16,17,18)/t7-,8?/m0/s1. The van der Waals surface area contributed by atoms with E-state index in [1.165, 1.54) is 0 Å². The molecule has 6 heteroatoms. The third kappa shape index (κ3) is 4.01. The average Bonchev–Trinajstić information content (AvgIpc) is 2.28. The maximum absolute atomic E-state index is 11.5. The molecule has 98 valence electrons. The highest BCUT2D eigenvalue weighted by Crippen LogP contribution is 2.22. The van der Waals surface area contributed by atoms with Crippen LogP contribution in [0, 0.1) is 0 Å². The quantitative estimate of drug-likeness (QED) is 0.776. The molecule has 1 aromatic rings. The van der Waals surface area contributed by atoms with Crippen LogP contribution in [0.2, 0.25) is 5.02 Å². The first kappa shape index (κ1) is 14.5. The molecule has 4 N–H and O–H groups in total. The molecule has 0 saturated carbocycles. The third-order valence-electron chi connectivity index (χ3n) is 2.51. The SMILES string of the molecule is CC(N[C@@H](C)c1ccccc1Cl)C(=O)NC(N)=O. The summed E-state index contributed by atoms with van der Waals surface area (Å²) < 4.78 is 0. The van der Waals surface area contributed by atoms with Crippen LogP contribution in [0.5, 0.6) is 0 Å². The minimum atomic E-state index is -0.862. The Bertz CT molecular complexity index is 451. The Hall–Kier alpha value is -1.59. The second-order valence-electron chi connectivity index (χ2n) is 3.99. The van der Waals surface area contributed by atoms with Gasteiger partial charge >= 0.3 is 6.03 Å². The second kappa shape index (κ2) is 6.37. The van der Waals surface area contributed by atoms with Crippen LogP contribution in [0.1, 0.15) is 25.5 Å². The highest BCUT2D eigenvalue weighted by atomic mass is 35.5. The fraction of sp³-hybridized carbons (Fsp3) is 0.333. The van der Waals surface area contributed by atoms with Crippen LogP contribution in [0.15, 0.2) is 24.3 Å². The van der Waals surface area contributed by atoms with Gasteiger partial charge in [-0.1, -0.05) is 29.8 Å². The molecule has 5 nitrogen and oxygen atoms in total. The maximum Gasteiger partial charge on any atom is 0.318 e. The summed E-state index contributed by atoms with van der Waals surface area (Å²) in [6.07, 6.45) is 0. The molecule has 0 spiro atoms. The molecule has 0 bridgehead atoms. The summed E-state index contributed by atoms with van der Waals surface area (Å²) >= 11 is 6.05. The van der Waals surface area contributed by atoms with Gasteiger partial charge in [-0.3, -0.25) is 15.4 Å². The van der Waals surface area contributed by atoms with Crippen molar-refractivity contribution >= 4 is 23.5 Å². The summed E-state index contributed by atoms with van der Waals surface area (Å²) in [5.74, 6) is -0.471. The van der Waals surface area contributed by atoms with Gasteiger partial charge in [-0.15, -0.1) is 0 Å². The molecule has 1 unspecified atom stereocenters. The first-order valence-electron chi connectivity index (χ1n) is 5.52. The zero-order valence-corrected chi connectivity index (χ0v) is 11.0. The fourth-order valence-corrected chi connectivity index (χ4v) is 1.90. The summed E-state index contributed by atoms with van der Waals surface area (Å²) in [5, 5.41) is 5.68. The van der Waals surface area contributed by atoms with E-state index < -0.39 is 18.0 Å². The Morgan fingerprint density at radius 3 is 2.44 bits per heavy atom. The van der Waals surface area contributed by atoms with E-state index in [-0.39, 0.29) is 6.04 Å². The topological polar surface area (TPSA) is 84.2 Å². The van der Waals surface area contributed by atoms with Crippen LogP contribution in [-0.4, -0.2) is 18.0 Å². The normalized spacial score (nSPS) is 13.7. The van der Waals surface area contributed by atoms with Gasteiger partial charge in [-0.05, 0) is 25.5 Å². The first-order valence-corrected chi connectivity index (χ1v) is 5.90. The molecule has 0 fully saturated rings. The molecule has 0 aliphatic rings. The van der Waals surface area contributed by atoms with Gasteiger partial charge in [0.05, 0.1) is 6.04 Å². The van der Waals surface area contributed by atoms with Crippen LogP contribution in [0.25, 0.3) is 0 Å². The number of benzene rings is 1. The van der Waals surface area contributed by atoms with Crippen molar-refractivity contribution < 1.29 is 9.59 Å². The van der Waals surface area contributed by atoms with Crippen molar-refractivity contribution in [1.29, 1.82) is 0 Å². The fourth-order valence-electron chi connectivity index (χ4n) is 1.60. The molecule has 18 heavy (non-hydrogen) atoms. The number of nitrogens with two attached hydrogens (primary N) is 1. The lowest BCUT2D eigenvalue weighted by atomic mass is 10.1. The van der Waals surface area contributed by atoms with Crippen LogP contribution in [-0.2, 0) is 4.79 Å². The van der Waals surface area contributed by atoms with Gasteiger partial charge in [-0.25, -0.2) is 4.79 Å². The van der Waals surface area contributed by atoms with E-state index in [1.54, 1.807) is 13.0 Å². The number of hydrogen-bond donors (Lipinski definition) is 3. The molecule has 0 aromatic heterocycles. The van der Waals surface area contributed by atoms with Gasteiger partial charge in [-0.2, -0.15) is 0 Å². The predicted octanol–water partition coefficient (Wildman–Crippen LogP) is 1.57. The number of halogens is 1. The molecule has 0 aliphatic carbocycles. The van der Waals surface area contributed by atoms with Gasteiger partial charge in [0.2, 0.25) is 5.91 Å². The largest absolute Gasteiger partial charge is 0.351 e. The molecule has 3 amide bonds. The second-order valence-corrected chi connectivity index (χ2v) is 4.39. The highest BCUT2D eigenvalue weighted by Gasteiger charge is 2.18. The van der Waals surface area contributed by atoms with Crippen LogP contribution in [0.4, 0.5) is 4.79 Å². The van der Waals surface area contributed by atoms with Crippen LogP contribution < -0.4 is 16.4 Å². The Morgan fingerprint density at radius 2 is 1.89 bits per heavy atom. The number of urea groups is 1. The van der Waals surface area contributed by atoms with E-state index in [0.29, 0.717) is 5.02 Å². The van der Waals surface area contributed by atoms with Crippen molar-refractivity contribution in [3.63, 3.8) is 0 Å². The van der Waals surface area contributed by atoms with E-state index in [9.17, 15) is 9.59 Å². The predicted molar refractivity (Wildman–Crippen MR) is 70.2 cm³/mol. The zero-order chi connectivity index (χ0) is 13.7. The Morgan fingerprint density at radius 1 is 1.28 bits per heavy atom. The molecule has 1 aromatic carbocycles. The van der Waals surface area contributed by atoms with Crippen LogP contribution in [0.3, 0.4) is 0 Å². The number of nitrogens with one attached hydrogen (secondary N) is 2. The van der Waals surface area contributed by atoms with E-state index >= 15 is 0 Å². The Kier molecular flexibility index (Phi) is 5.12. The molecule has 0 heterocycles. The summed E-state index contributed by atoms with van der Waals surface area (Å²) in [5.41, 5.74) is 5.76. The molecule has 0 saturated heterocycles. The minimum Gasteiger partial charge on any atom is -0.351 e. The summed E-state index contributed by atoms with van der Waals surface area (Å²) in [6.45, 7) is 3.53. The van der Waals surface area contributed by atoms with E-state index in [0.717, 1.165) is 5.56 Å². The zero-order valence-electron chi connectivity index (χ0n) is 10.2. The molecule has 0 radical (unpaired) electrons. The number of hydrogen-bond acceptors (Lipinski definition) is 3. The van der Waals surface area contributed by atoms with Crippen molar-refractivity contribution in [2.24, 2.45) is 5.73 Å².